The quantitative estimate of drug-likeness (QED) is 0.507. The van der Waals surface area contributed by atoms with E-state index in [1.165, 1.54) is 0 Å². The average molecular weight is 471 g/mol. The SMILES string of the molecule is CCC(C)c1ccccc1N1CC(C(=O)NCc2cccc(NC(=O)c3ccncc3)c2)CC1=O. The lowest BCUT2D eigenvalue weighted by atomic mass is 9.96. The van der Waals surface area contributed by atoms with Crippen LogP contribution in [-0.2, 0) is 16.1 Å². The van der Waals surface area contributed by atoms with E-state index in [1.807, 2.05) is 36.4 Å². The number of hydrogen-bond donors (Lipinski definition) is 2. The third-order valence-corrected chi connectivity index (χ3v) is 6.46. The lowest BCUT2D eigenvalue weighted by Crippen LogP contribution is -2.33. The van der Waals surface area contributed by atoms with Crippen LogP contribution in [0.4, 0.5) is 11.4 Å². The zero-order valence-electron chi connectivity index (χ0n) is 20.0. The Balaban J connectivity index is 1.36. The lowest BCUT2D eigenvalue weighted by molar-refractivity contribution is -0.126. The van der Waals surface area contributed by atoms with Gasteiger partial charge in [-0.1, -0.05) is 44.2 Å². The van der Waals surface area contributed by atoms with Crippen LogP contribution in [0.1, 0.15) is 54.1 Å². The molecule has 0 radical (unpaired) electrons. The number of nitrogens with one attached hydrogen (secondary N) is 2. The average Bonchev–Trinajstić information content (AvgIpc) is 3.29. The number of benzene rings is 2. The molecule has 7 nitrogen and oxygen atoms in total. The van der Waals surface area contributed by atoms with E-state index in [-0.39, 0.29) is 24.1 Å². The van der Waals surface area contributed by atoms with Crippen LogP contribution in [0.5, 0.6) is 0 Å². The molecule has 1 aliphatic rings. The highest BCUT2D eigenvalue weighted by Crippen LogP contribution is 2.33. The molecule has 3 amide bonds. The number of carbonyl (C=O) groups excluding carboxylic acids is 3. The molecule has 2 unspecified atom stereocenters. The van der Waals surface area contributed by atoms with Gasteiger partial charge in [-0.15, -0.1) is 0 Å². The molecule has 0 aliphatic carbocycles. The van der Waals surface area contributed by atoms with Crippen LogP contribution in [0, 0.1) is 5.92 Å². The molecule has 180 valence electrons. The van der Waals surface area contributed by atoms with Gasteiger partial charge in [-0.2, -0.15) is 0 Å². The molecule has 7 heteroatoms. The van der Waals surface area contributed by atoms with E-state index in [1.54, 1.807) is 35.5 Å². The number of hydrogen-bond acceptors (Lipinski definition) is 4. The number of pyridine rings is 1. The van der Waals surface area contributed by atoms with Crippen molar-refractivity contribution in [1.82, 2.24) is 10.3 Å². The number of anilines is 2. The fourth-order valence-corrected chi connectivity index (χ4v) is 4.29. The first-order valence-electron chi connectivity index (χ1n) is 11.9. The summed E-state index contributed by atoms with van der Waals surface area (Å²) in [6.45, 7) is 4.96. The van der Waals surface area contributed by atoms with Crippen LogP contribution in [0.25, 0.3) is 0 Å². The van der Waals surface area contributed by atoms with E-state index in [9.17, 15) is 14.4 Å². The number of amides is 3. The summed E-state index contributed by atoms with van der Waals surface area (Å²) in [4.78, 5) is 43.7. The van der Waals surface area contributed by atoms with E-state index >= 15 is 0 Å². The van der Waals surface area contributed by atoms with Crippen LogP contribution < -0.4 is 15.5 Å². The van der Waals surface area contributed by atoms with E-state index in [2.05, 4.69) is 35.5 Å². The van der Waals surface area contributed by atoms with Gasteiger partial charge in [-0.3, -0.25) is 19.4 Å². The van der Waals surface area contributed by atoms with Crippen molar-refractivity contribution >= 4 is 29.1 Å². The molecule has 0 bridgehead atoms. The molecule has 0 spiro atoms. The molecule has 1 saturated heterocycles. The topological polar surface area (TPSA) is 91.4 Å². The van der Waals surface area contributed by atoms with Gasteiger partial charge in [-0.25, -0.2) is 0 Å². The predicted octanol–water partition coefficient (Wildman–Crippen LogP) is 4.52. The Morgan fingerprint density at radius 1 is 1.09 bits per heavy atom. The number of aromatic nitrogens is 1. The lowest BCUT2D eigenvalue weighted by Gasteiger charge is -2.23. The van der Waals surface area contributed by atoms with Crippen LogP contribution in [0.2, 0.25) is 0 Å². The minimum Gasteiger partial charge on any atom is -0.352 e. The monoisotopic (exact) mass is 470 g/mol. The van der Waals surface area contributed by atoms with Gasteiger partial charge in [0.25, 0.3) is 5.91 Å². The Morgan fingerprint density at radius 2 is 1.86 bits per heavy atom. The summed E-state index contributed by atoms with van der Waals surface area (Å²) >= 11 is 0. The van der Waals surface area contributed by atoms with Crippen molar-refractivity contribution in [2.75, 3.05) is 16.8 Å². The standard InChI is InChI=1S/C28H30N4O3/c1-3-19(2)24-9-4-5-10-25(24)32-18-22(16-26(32)33)27(34)30-17-20-7-6-8-23(15-20)31-28(35)21-11-13-29-14-12-21/h4-15,19,22H,3,16-18H2,1-2H3,(H,30,34)(H,31,35). The molecule has 2 aromatic carbocycles. The second-order valence-electron chi connectivity index (χ2n) is 8.88. The van der Waals surface area contributed by atoms with Gasteiger partial charge in [0.05, 0.1) is 5.92 Å². The molecule has 2 heterocycles. The Morgan fingerprint density at radius 3 is 2.63 bits per heavy atom. The van der Waals surface area contributed by atoms with Crippen molar-refractivity contribution in [3.05, 3.63) is 89.7 Å². The minimum atomic E-state index is -0.401. The van der Waals surface area contributed by atoms with Crippen LogP contribution in [0.15, 0.2) is 73.1 Å². The van der Waals surface area contributed by atoms with Crippen molar-refractivity contribution in [2.24, 2.45) is 5.92 Å². The van der Waals surface area contributed by atoms with Crippen molar-refractivity contribution < 1.29 is 14.4 Å². The van der Waals surface area contributed by atoms with Gasteiger partial charge in [0.2, 0.25) is 11.8 Å². The maximum absolute atomic E-state index is 12.9. The van der Waals surface area contributed by atoms with Crippen LogP contribution in [0.3, 0.4) is 0 Å². The normalized spacial score (nSPS) is 16.1. The van der Waals surface area contributed by atoms with Crippen molar-refractivity contribution in [3.63, 3.8) is 0 Å². The third-order valence-electron chi connectivity index (χ3n) is 6.46. The molecule has 35 heavy (non-hydrogen) atoms. The summed E-state index contributed by atoms with van der Waals surface area (Å²) in [5.41, 5.74) is 4.05. The Hall–Kier alpha value is -4.00. The van der Waals surface area contributed by atoms with Gasteiger partial charge < -0.3 is 15.5 Å². The zero-order valence-corrected chi connectivity index (χ0v) is 20.0. The summed E-state index contributed by atoms with van der Waals surface area (Å²) in [5.74, 6) is -0.467. The molecular formula is C28H30N4O3. The first kappa shape index (κ1) is 24.1. The van der Waals surface area contributed by atoms with Crippen molar-refractivity contribution in [1.29, 1.82) is 0 Å². The highest BCUT2D eigenvalue weighted by molar-refractivity contribution is 6.04. The van der Waals surface area contributed by atoms with Gasteiger partial charge in [0.15, 0.2) is 0 Å². The Labute approximate surface area is 205 Å². The van der Waals surface area contributed by atoms with E-state index in [0.717, 1.165) is 23.2 Å². The van der Waals surface area contributed by atoms with E-state index < -0.39 is 5.92 Å². The number of nitrogens with zero attached hydrogens (tertiary/aromatic N) is 2. The van der Waals surface area contributed by atoms with Crippen LogP contribution in [-0.4, -0.2) is 29.3 Å². The van der Waals surface area contributed by atoms with Crippen molar-refractivity contribution in [3.8, 4) is 0 Å². The fraction of sp³-hybridized carbons (Fsp3) is 0.286. The second kappa shape index (κ2) is 11.0. The molecule has 4 rings (SSSR count). The maximum Gasteiger partial charge on any atom is 0.255 e. The number of rotatable bonds is 8. The Bertz CT molecular complexity index is 1210. The molecule has 1 aromatic heterocycles. The maximum atomic E-state index is 12.9. The molecule has 2 N–H and O–H groups in total. The molecule has 1 aliphatic heterocycles. The van der Waals surface area contributed by atoms with E-state index in [4.69, 9.17) is 0 Å². The van der Waals surface area contributed by atoms with Gasteiger partial charge in [0.1, 0.15) is 0 Å². The minimum absolute atomic E-state index is 0.0262. The number of para-hydroxylation sites is 1. The number of carbonyl (C=O) groups is 3. The first-order chi connectivity index (χ1) is 17.0. The van der Waals surface area contributed by atoms with Gasteiger partial charge in [-0.05, 0) is 53.8 Å². The third kappa shape index (κ3) is 5.74. The molecular weight excluding hydrogens is 440 g/mol. The van der Waals surface area contributed by atoms with Crippen molar-refractivity contribution in [2.45, 2.75) is 39.2 Å². The molecule has 0 saturated carbocycles. The zero-order chi connectivity index (χ0) is 24.8. The highest BCUT2D eigenvalue weighted by atomic mass is 16.2. The summed E-state index contributed by atoms with van der Waals surface area (Å²) in [5, 5.41) is 5.81. The van der Waals surface area contributed by atoms with Gasteiger partial charge >= 0.3 is 0 Å². The molecule has 2 atom stereocenters. The largest absolute Gasteiger partial charge is 0.352 e. The summed E-state index contributed by atoms with van der Waals surface area (Å²) in [6.07, 6.45) is 4.31. The summed E-state index contributed by atoms with van der Waals surface area (Å²) in [6, 6.07) is 18.6. The second-order valence-corrected chi connectivity index (χ2v) is 8.88. The molecule has 1 fully saturated rings. The highest BCUT2D eigenvalue weighted by Gasteiger charge is 2.36. The van der Waals surface area contributed by atoms with E-state index in [0.29, 0.717) is 30.3 Å². The predicted molar refractivity (Wildman–Crippen MR) is 136 cm³/mol. The smallest absolute Gasteiger partial charge is 0.255 e. The fourth-order valence-electron chi connectivity index (χ4n) is 4.29. The van der Waals surface area contributed by atoms with Gasteiger partial charge in [0, 0.05) is 48.8 Å². The summed E-state index contributed by atoms with van der Waals surface area (Å²) < 4.78 is 0. The molecule has 3 aromatic rings. The first-order valence-corrected chi connectivity index (χ1v) is 11.9. The summed E-state index contributed by atoms with van der Waals surface area (Å²) in [7, 11) is 0. The van der Waals surface area contributed by atoms with Crippen LogP contribution >= 0.6 is 0 Å². The Kier molecular flexibility index (Phi) is 7.55.